The molecule has 1 rings (SSSR count). The normalized spacial score (nSPS) is 12.1. The van der Waals surface area contributed by atoms with Gasteiger partial charge in [0.2, 0.25) is 5.75 Å². The molecule has 0 amide bonds. The lowest BCUT2D eigenvalue weighted by Crippen LogP contribution is -2.13. The van der Waals surface area contributed by atoms with Crippen LogP contribution < -0.4 is 19.9 Å². The molecule has 2 N–H and O–H groups in total. The van der Waals surface area contributed by atoms with Crippen molar-refractivity contribution in [3.8, 4) is 17.2 Å². The molecule has 0 aromatic heterocycles. The summed E-state index contributed by atoms with van der Waals surface area (Å²) in [6, 6.07) is 3.92. The molecule has 0 aliphatic carbocycles. The van der Waals surface area contributed by atoms with Gasteiger partial charge in [-0.25, -0.2) is 0 Å². The van der Waals surface area contributed by atoms with E-state index in [-0.39, 0.29) is 6.10 Å². The maximum Gasteiger partial charge on any atom is 0.203 e. The van der Waals surface area contributed by atoms with E-state index in [4.69, 9.17) is 19.9 Å². The summed E-state index contributed by atoms with van der Waals surface area (Å²) in [6.07, 6.45) is 3.00. The molecular weight excluding hydrogens is 242 g/mol. The summed E-state index contributed by atoms with van der Waals surface area (Å²) < 4.78 is 16.8. The highest BCUT2D eigenvalue weighted by Crippen LogP contribution is 2.39. The van der Waals surface area contributed by atoms with Gasteiger partial charge >= 0.3 is 0 Å². The fourth-order valence-corrected chi connectivity index (χ4v) is 2.03. The standard InChI is InChI=1S/C15H25NO3/c1-5-6-11(2)19-15-13(17-3)9-12(7-8-16)10-14(15)18-4/h9-11H,5-8,16H2,1-4H3. The molecule has 1 unspecified atom stereocenters. The van der Waals surface area contributed by atoms with Gasteiger partial charge in [-0.3, -0.25) is 0 Å². The van der Waals surface area contributed by atoms with E-state index in [2.05, 4.69) is 13.8 Å². The van der Waals surface area contributed by atoms with Gasteiger partial charge in [0, 0.05) is 0 Å². The van der Waals surface area contributed by atoms with Crippen LogP contribution in [0, 0.1) is 0 Å². The summed E-state index contributed by atoms with van der Waals surface area (Å²) in [5, 5.41) is 0. The molecule has 19 heavy (non-hydrogen) atoms. The SMILES string of the molecule is CCCC(C)Oc1c(OC)cc(CCN)cc1OC. The summed E-state index contributed by atoms with van der Waals surface area (Å²) in [4.78, 5) is 0. The maximum absolute atomic E-state index is 5.95. The minimum absolute atomic E-state index is 0.133. The van der Waals surface area contributed by atoms with E-state index in [1.165, 1.54) is 0 Å². The van der Waals surface area contributed by atoms with Crippen molar-refractivity contribution in [1.82, 2.24) is 0 Å². The molecule has 4 nitrogen and oxygen atoms in total. The predicted octanol–water partition coefficient (Wildman–Crippen LogP) is 2.77. The van der Waals surface area contributed by atoms with Crippen molar-refractivity contribution in [2.24, 2.45) is 5.73 Å². The highest BCUT2D eigenvalue weighted by Gasteiger charge is 2.16. The van der Waals surface area contributed by atoms with E-state index in [1.54, 1.807) is 14.2 Å². The zero-order chi connectivity index (χ0) is 14.3. The molecule has 0 radical (unpaired) electrons. The fraction of sp³-hybridized carbons (Fsp3) is 0.600. The van der Waals surface area contributed by atoms with Gasteiger partial charge in [-0.2, -0.15) is 0 Å². The topological polar surface area (TPSA) is 53.7 Å². The van der Waals surface area contributed by atoms with Gasteiger partial charge in [0.25, 0.3) is 0 Å². The smallest absolute Gasteiger partial charge is 0.203 e. The van der Waals surface area contributed by atoms with Crippen molar-refractivity contribution in [2.75, 3.05) is 20.8 Å². The first kappa shape index (κ1) is 15.6. The van der Waals surface area contributed by atoms with Gasteiger partial charge in [-0.15, -0.1) is 0 Å². The summed E-state index contributed by atoms with van der Waals surface area (Å²) >= 11 is 0. The Labute approximate surface area is 115 Å². The van der Waals surface area contributed by atoms with Crippen LogP contribution >= 0.6 is 0 Å². The van der Waals surface area contributed by atoms with Crippen LogP contribution in [0.15, 0.2) is 12.1 Å². The second-order valence-electron chi connectivity index (χ2n) is 4.59. The minimum atomic E-state index is 0.133. The summed E-state index contributed by atoms with van der Waals surface area (Å²) in [5.41, 5.74) is 6.68. The average Bonchev–Trinajstić information content (AvgIpc) is 2.40. The van der Waals surface area contributed by atoms with E-state index < -0.39 is 0 Å². The molecule has 0 saturated heterocycles. The van der Waals surface area contributed by atoms with E-state index >= 15 is 0 Å². The van der Waals surface area contributed by atoms with E-state index in [1.807, 2.05) is 12.1 Å². The molecule has 4 heteroatoms. The summed E-state index contributed by atoms with van der Waals surface area (Å²) in [5.74, 6) is 2.07. The average molecular weight is 267 g/mol. The number of rotatable bonds is 8. The Hall–Kier alpha value is -1.42. The van der Waals surface area contributed by atoms with Crippen molar-refractivity contribution in [2.45, 2.75) is 39.2 Å². The van der Waals surface area contributed by atoms with Gasteiger partial charge in [0.05, 0.1) is 20.3 Å². The Morgan fingerprint density at radius 1 is 1.16 bits per heavy atom. The molecule has 1 aromatic carbocycles. The molecule has 0 aliphatic rings. The second kappa shape index (κ2) is 7.89. The quantitative estimate of drug-likeness (QED) is 0.787. The number of hydrogen-bond acceptors (Lipinski definition) is 4. The Kier molecular flexibility index (Phi) is 6.50. The summed E-state index contributed by atoms with van der Waals surface area (Å²) in [6.45, 7) is 4.79. The van der Waals surface area contributed by atoms with Crippen molar-refractivity contribution < 1.29 is 14.2 Å². The van der Waals surface area contributed by atoms with Gasteiger partial charge < -0.3 is 19.9 Å². The fourth-order valence-electron chi connectivity index (χ4n) is 2.03. The first-order valence-electron chi connectivity index (χ1n) is 6.77. The molecule has 0 spiro atoms. The Morgan fingerprint density at radius 3 is 2.16 bits per heavy atom. The van der Waals surface area contributed by atoms with Gasteiger partial charge in [0.1, 0.15) is 0 Å². The summed E-state index contributed by atoms with van der Waals surface area (Å²) in [7, 11) is 3.27. The first-order chi connectivity index (χ1) is 9.15. The van der Waals surface area contributed by atoms with Gasteiger partial charge in [0.15, 0.2) is 11.5 Å². The number of methoxy groups -OCH3 is 2. The van der Waals surface area contributed by atoms with Crippen LogP contribution in [-0.4, -0.2) is 26.9 Å². The van der Waals surface area contributed by atoms with E-state index in [0.29, 0.717) is 23.8 Å². The highest BCUT2D eigenvalue weighted by atomic mass is 16.5. The van der Waals surface area contributed by atoms with Crippen molar-refractivity contribution in [3.63, 3.8) is 0 Å². The molecule has 108 valence electrons. The molecule has 1 atom stereocenters. The van der Waals surface area contributed by atoms with E-state index in [0.717, 1.165) is 24.8 Å². The molecule has 0 bridgehead atoms. The molecular formula is C15H25NO3. The van der Waals surface area contributed by atoms with E-state index in [9.17, 15) is 0 Å². The monoisotopic (exact) mass is 267 g/mol. The van der Waals surface area contributed by atoms with Crippen LogP contribution in [0.2, 0.25) is 0 Å². The Morgan fingerprint density at radius 2 is 1.74 bits per heavy atom. The van der Waals surface area contributed by atoms with Crippen LogP contribution in [-0.2, 0) is 6.42 Å². The minimum Gasteiger partial charge on any atom is -0.493 e. The predicted molar refractivity (Wildman–Crippen MR) is 77.3 cm³/mol. The second-order valence-corrected chi connectivity index (χ2v) is 4.59. The number of ether oxygens (including phenoxy) is 3. The molecule has 0 saturated carbocycles. The molecule has 0 heterocycles. The molecule has 0 fully saturated rings. The third-order valence-corrected chi connectivity index (χ3v) is 2.97. The highest BCUT2D eigenvalue weighted by molar-refractivity contribution is 5.54. The zero-order valence-corrected chi connectivity index (χ0v) is 12.4. The third-order valence-electron chi connectivity index (χ3n) is 2.97. The van der Waals surface area contributed by atoms with Crippen molar-refractivity contribution >= 4 is 0 Å². The zero-order valence-electron chi connectivity index (χ0n) is 12.4. The largest absolute Gasteiger partial charge is 0.493 e. The van der Waals surface area contributed by atoms with Crippen LogP contribution in [0.3, 0.4) is 0 Å². The Bertz CT molecular complexity index is 368. The number of hydrogen-bond donors (Lipinski definition) is 1. The lowest BCUT2D eigenvalue weighted by atomic mass is 10.1. The van der Waals surface area contributed by atoms with Crippen LogP contribution in [0.25, 0.3) is 0 Å². The van der Waals surface area contributed by atoms with Crippen molar-refractivity contribution in [1.29, 1.82) is 0 Å². The molecule has 1 aromatic rings. The lowest BCUT2D eigenvalue weighted by molar-refractivity contribution is 0.191. The lowest BCUT2D eigenvalue weighted by Gasteiger charge is -2.19. The van der Waals surface area contributed by atoms with Crippen LogP contribution in [0.4, 0.5) is 0 Å². The van der Waals surface area contributed by atoms with Gasteiger partial charge in [-0.1, -0.05) is 13.3 Å². The van der Waals surface area contributed by atoms with Crippen molar-refractivity contribution in [3.05, 3.63) is 17.7 Å². The first-order valence-corrected chi connectivity index (χ1v) is 6.77. The van der Waals surface area contributed by atoms with Gasteiger partial charge in [-0.05, 0) is 44.0 Å². The molecule has 0 aliphatic heterocycles. The van der Waals surface area contributed by atoms with Crippen LogP contribution in [0.1, 0.15) is 32.3 Å². The number of benzene rings is 1. The maximum atomic E-state index is 5.95. The van der Waals surface area contributed by atoms with Crippen LogP contribution in [0.5, 0.6) is 17.2 Å². The Balaban J connectivity index is 3.05. The third kappa shape index (κ3) is 4.31. The number of nitrogens with two attached hydrogens (primary N) is 1.